The van der Waals surface area contributed by atoms with Gasteiger partial charge in [-0.15, -0.1) is 0 Å². The van der Waals surface area contributed by atoms with Crippen LogP contribution in [0.5, 0.6) is 0 Å². The van der Waals surface area contributed by atoms with Gasteiger partial charge in [-0.1, -0.05) is 30.3 Å². The number of ketones is 1. The Kier molecular flexibility index (Phi) is 3.27. The number of hydrogen-bond donors (Lipinski definition) is 1. The molecule has 2 rings (SSSR count). The summed E-state index contributed by atoms with van der Waals surface area (Å²) in [6, 6.07) is 14.3. The van der Waals surface area contributed by atoms with E-state index in [9.17, 15) is 13.2 Å². The zero-order valence-corrected chi connectivity index (χ0v) is 10.2. The highest BCUT2D eigenvalue weighted by Crippen LogP contribution is 2.13. The first-order valence-corrected chi connectivity index (χ1v) is 6.76. The van der Waals surface area contributed by atoms with Crippen molar-refractivity contribution in [2.45, 2.75) is 4.90 Å². The normalized spacial score (nSPS) is 11.2. The van der Waals surface area contributed by atoms with Gasteiger partial charge in [0, 0.05) is 11.1 Å². The smallest absolute Gasteiger partial charge is 0.238 e. The number of rotatable bonds is 3. The molecule has 0 fully saturated rings. The summed E-state index contributed by atoms with van der Waals surface area (Å²) in [5, 5.41) is 4.98. The highest BCUT2D eigenvalue weighted by atomic mass is 32.2. The fourth-order valence-corrected chi connectivity index (χ4v) is 2.07. The van der Waals surface area contributed by atoms with Crippen molar-refractivity contribution in [3.05, 3.63) is 65.7 Å². The molecule has 0 spiro atoms. The molecule has 0 unspecified atom stereocenters. The summed E-state index contributed by atoms with van der Waals surface area (Å²) in [6.07, 6.45) is 0. The predicted octanol–water partition coefficient (Wildman–Crippen LogP) is 1.57. The first kappa shape index (κ1) is 12.5. The first-order chi connectivity index (χ1) is 8.48. The van der Waals surface area contributed by atoms with Gasteiger partial charge in [0.05, 0.1) is 4.90 Å². The maximum Gasteiger partial charge on any atom is 0.238 e. The molecule has 0 amide bonds. The molecule has 5 heteroatoms. The zero-order valence-electron chi connectivity index (χ0n) is 9.41. The molecule has 0 radical (unpaired) electrons. The maximum absolute atomic E-state index is 12.0. The van der Waals surface area contributed by atoms with Gasteiger partial charge in [-0.3, -0.25) is 4.79 Å². The lowest BCUT2D eigenvalue weighted by molar-refractivity contribution is 0.103. The van der Waals surface area contributed by atoms with Crippen molar-refractivity contribution in [1.82, 2.24) is 0 Å². The minimum Gasteiger partial charge on any atom is -0.289 e. The predicted molar refractivity (Wildman–Crippen MR) is 67.7 cm³/mol. The van der Waals surface area contributed by atoms with Gasteiger partial charge in [-0.25, -0.2) is 13.6 Å². The maximum atomic E-state index is 12.0. The zero-order chi connectivity index (χ0) is 13.2. The molecule has 2 N–H and O–H groups in total. The van der Waals surface area contributed by atoms with E-state index in [2.05, 4.69) is 0 Å². The number of primary sulfonamides is 1. The van der Waals surface area contributed by atoms with E-state index in [0.717, 1.165) is 0 Å². The second-order valence-corrected chi connectivity index (χ2v) is 5.33. The van der Waals surface area contributed by atoms with E-state index in [1.54, 1.807) is 24.3 Å². The van der Waals surface area contributed by atoms with Crippen LogP contribution >= 0.6 is 0 Å². The number of benzene rings is 2. The van der Waals surface area contributed by atoms with Gasteiger partial charge in [0.2, 0.25) is 10.0 Å². The third-order valence-corrected chi connectivity index (χ3v) is 3.41. The van der Waals surface area contributed by atoms with Crippen LogP contribution in [0.2, 0.25) is 0 Å². The van der Waals surface area contributed by atoms with Crippen molar-refractivity contribution in [2.75, 3.05) is 0 Å². The Bertz CT molecular complexity index is 661. The van der Waals surface area contributed by atoms with Gasteiger partial charge in [0.15, 0.2) is 5.78 Å². The van der Waals surface area contributed by atoms with Crippen LogP contribution in [0.3, 0.4) is 0 Å². The van der Waals surface area contributed by atoms with Crippen molar-refractivity contribution < 1.29 is 13.2 Å². The highest BCUT2D eigenvalue weighted by molar-refractivity contribution is 7.89. The molecule has 0 saturated heterocycles. The lowest BCUT2D eigenvalue weighted by Crippen LogP contribution is -2.12. The average Bonchev–Trinajstić information content (AvgIpc) is 2.38. The van der Waals surface area contributed by atoms with Crippen molar-refractivity contribution in [3.63, 3.8) is 0 Å². The number of carbonyl (C=O) groups excluding carboxylic acids is 1. The lowest BCUT2D eigenvalue weighted by atomic mass is 10.0. The third kappa shape index (κ3) is 2.64. The van der Waals surface area contributed by atoms with Crippen molar-refractivity contribution in [2.24, 2.45) is 5.14 Å². The molecule has 0 heterocycles. The first-order valence-electron chi connectivity index (χ1n) is 5.21. The van der Waals surface area contributed by atoms with E-state index in [0.29, 0.717) is 11.1 Å². The highest BCUT2D eigenvalue weighted by Gasteiger charge is 2.11. The summed E-state index contributed by atoms with van der Waals surface area (Å²) in [5.74, 6) is -0.156. The molecule has 92 valence electrons. The Balaban J connectivity index is 2.34. The second-order valence-electron chi connectivity index (χ2n) is 3.76. The van der Waals surface area contributed by atoms with Crippen molar-refractivity contribution in [3.8, 4) is 0 Å². The van der Waals surface area contributed by atoms with Crippen LogP contribution in [0.4, 0.5) is 0 Å². The van der Waals surface area contributed by atoms with Crippen LogP contribution in [0.25, 0.3) is 0 Å². The molecule has 0 saturated carbocycles. The fraction of sp³-hybridized carbons (Fsp3) is 0. The standard InChI is InChI=1S/C13H11NO3S/c14-18(16,17)12-8-6-11(7-9-12)13(15)10-4-2-1-3-5-10/h1-9H,(H2,14,16,17). The third-order valence-electron chi connectivity index (χ3n) is 2.48. The second kappa shape index (κ2) is 4.72. The molecular weight excluding hydrogens is 250 g/mol. The molecule has 2 aromatic carbocycles. The fourth-order valence-electron chi connectivity index (χ4n) is 1.55. The minimum atomic E-state index is -3.72. The Morgan fingerprint density at radius 1 is 0.833 bits per heavy atom. The Labute approximate surface area is 105 Å². The quantitative estimate of drug-likeness (QED) is 0.852. The van der Waals surface area contributed by atoms with Crippen LogP contribution < -0.4 is 5.14 Å². The van der Waals surface area contributed by atoms with Crippen LogP contribution in [0.15, 0.2) is 59.5 Å². The van der Waals surface area contributed by atoms with E-state index in [1.165, 1.54) is 24.3 Å². The van der Waals surface area contributed by atoms with E-state index >= 15 is 0 Å². The number of nitrogens with two attached hydrogens (primary N) is 1. The molecule has 0 aliphatic carbocycles. The lowest BCUT2D eigenvalue weighted by Gasteiger charge is -2.02. The topological polar surface area (TPSA) is 77.2 Å². The van der Waals surface area contributed by atoms with Gasteiger partial charge >= 0.3 is 0 Å². The van der Waals surface area contributed by atoms with Crippen LogP contribution in [0.1, 0.15) is 15.9 Å². The average molecular weight is 261 g/mol. The van der Waals surface area contributed by atoms with Crippen LogP contribution in [0, 0.1) is 0 Å². The van der Waals surface area contributed by atoms with Crippen LogP contribution in [-0.4, -0.2) is 14.2 Å². The Morgan fingerprint density at radius 2 is 1.33 bits per heavy atom. The minimum absolute atomic E-state index is 0.00730. The summed E-state index contributed by atoms with van der Waals surface area (Å²) < 4.78 is 22.2. The number of hydrogen-bond acceptors (Lipinski definition) is 3. The van der Waals surface area contributed by atoms with Crippen LogP contribution in [-0.2, 0) is 10.0 Å². The molecule has 0 aromatic heterocycles. The van der Waals surface area contributed by atoms with E-state index < -0.39 is 10.0 Å². The van der Waals surface area contributed by atoms with Gasteiger partial charge in [0.25, 0.3) is 0 Å². The van der Waals surface area contributed by atoms with E-state index in [4.69, 9.17) is 5.14 Å². The van der Waals surface area contributed by atoms with Gasteiger partial charge in [-0.05, 0) is 24.3 Å². The molecule has 0 bridgehead atoms. The monoisotopic (exact) mass is 261 g/mol. The van der Waals surface area contributed by atoms with Crippen molar-refractivity contribution in [1.29, 1.82) is 0 Å². The largest absolute Gasteiger partial charge is 0.289 e. The molecule has 4 nitrogen and oxygen atoms in total. The Morgan fingerprint density at radius 3 is 1.83 bits per heavy atom. The van der Waals surface area contributed by atoms with Gasteiger partial charge in [0.1, 0.15) is 0 Å². The Hall–Kier alpha value is -1.98. The van der Waals surface area contributed by atoms with Gasteiger partial charge < -0.3 is 0 Å². The molecular formula is C13H11NO3S. The van der Waals surface area contributed by atoms with Crippen molar-refractivity contribution >= 4 is 15.8 Å². The van der Waals surface area contributed by atoms with E-state index in [1.807, 2.05) is 6.07 Å². The summed E-state index contributed by atoms with van der Waals surface area (Å²) >= 11 is 0. The summed E-state index contributed by atoms with van der Waals surface area (Å²) in [5.41, 5.74) is 0.981. The molecule has 0 aliphatic heterocycles. The summed E-state index contributed by atoms with van der Waals surface area (Å²) in [4.78, 5) is 12.0. The SMILES string of the molecule is NS(=O)(=O)c1ccc(C(=O)c2ccccc2)cc1. The number of carbonyl (C=O) groups is 1. The van der Waals surface area contributed by atoms with Gasteiger partial charge in [-0.2, -0.15) is 0 Å². The molecule has 0 atom stereocenters. The molecule has 2 aromatic rings. The molecule has 0 aliphatic rings. The van der Waals surface area contributed by atoms with E-state index in [-0.39, 0.29) is 10.7 Å². The summed E-state index contributed by atoms with van der Waals surface area (Å²) in [7, 11) is -3.72. The number of sulfonamides is 1. The molecule has 18 heavy (non-hydrogen) atoms. The summed E-state index contributed by atoms with van der Waals surface area (Å²) in [6.45, 7) is 0.